The SMILES string of the molecule is CCC(C)(C)c1ccc(OCCCC(=O)Nc2cccc(NC(=O)C(Cl)(C(=O)C(C)(C)C)n3nnc(-c4ccccc4C)n3)c2)c(C(C)(C)CC)c1. The molecule has 278 valence electrons. The van der Waals surface area contributed by atoms with Crippen molar-refractivity contribution in [1.82, 2.24) is 20.2 Å². The molecule has 0 spiro atoms. The first-order valence-electron chi connectivity index (χ1n) is 17.9. The number of nitrogens with one attached hydrogen (secondary N) is 2. The number of nitrogens with zero attached hydrogens (tertiary/aromatic N) is 4. The van der Waals surface area contributed by atoms with Crippen LogP contribution in [0.4, 0.5) is 11.4 Å². The van der Waals surface area contributed by atoms with E-state index in [-0.39, 0.29) is 29.0 Å². The molecule has 3 aromatic carbocycles. The third-order valence-corrected chi connectivity index (χ3v) is 10.3. The van der Waals surface area contributed by atoms with Crippen molar-refractivity contribution in [2.24, 2.45) is 5.41 Å². The molecule has 1 aromatic heterocycles. The zero-order valence-corrected chi connectivity index (χ0v) is 32.9. The second kappa shape index (κ2) is 16.0. The minimum absolute atomic E-state index is 0.0621. The van der Waals surface area contributed by atoms with Crippen LogP contribution in [0, 0.1) is 12.3 Å². The maximum Gasteiger partial charge on any atom is 0.292 e. The number of rotatable bonds is 15. The fraction of sp³-hybridized carbons (Fsp3) is 0.463. The molecule has 1 atom stereocenters. The number of Topliss-reactive ketones (excluding diaryl/α,β-unsaturated/α-hetero) is 1. The molecule has 0 bridgehead atoms. The first-order chi connectivity index (χ1) is 24.3. The van der Waals surface area contributed by atoms with Gasteiger partial charge in [0, 0.05) is 34.3 Å². The maximum atomic E-state index is 13.9. The van der Waals surface area contributed by atoms with E-state index < -0.39 is 22.1 Å². The monoisotopic (exact) mass is 728 g/mol. The molecule has 4 aromatic rings. The van der Waals surface area contributed by atoms with E-state index in [0.29, 0.717) is 30.0 Å². The van der Waals surface area contributed by atoms with Gasteiger partial charge in [0.05, 0.1) is 6.61 Å². The second-order valence-corrected chi connectivity index (χ2v) is 16.2. The van der Waals surface area contributed by atoms with Gasteiger partial charge in [0.2, 0.25) is 11.7 Å². The van der Waals surface area contributed by atoms with Gasteiger partial charge in [0.25, 0.3) is 10.9 Å². The molecule has 0 fully saturated rings. The summed E-state index contributed by atoms with van der Waals surface area (Å²) in [7, 11) is 0. The van der Waals surface area contributed by atoms with Crippen LogP contribution < -0.4 is 15.4 Å². The predicted octanol–water partition coefficient (Wildman–Crippen LogP) is 8.97. The summed E-state index contributed by atoms with van der Waals surface area (Å²) < 4.78 is 6.25. The quantitative estimate of drug-likeness (QED) is 0.0711. The summed E-state index contributed by atoms with van der Waals surface area (Å²) >= 11 is 6.91. The van der Waals surface area contributed by atoms with Crippen LogP contribution in [0.2, 0.25) is 0 Å². The van der Waals surface area contributed by atoms with Crippen LogP contribution >= 0.6 is 11.6 Å². The average molecular weight is 729 g/mol. The van der Waals surface area contributed by atoms with Crippen molar-refractivity contribution in [2.45, 2.75) is 111 Å². The summed E-state index contributed by atoms with van der Waals surface area (Å²) in [5.74, 6) is -0.608. The highest BCUT2D eigenvalue weighted by molar-refractivity contribution is 6.45. The lowest BCUT2D eigenvalue weighted by molar-refractivity contribution is -0.139. The van der Waals surface area contributed by atoms with Crippen LogP contribution in [-0.2, 0) is 30.2 Å². The third kappa shape index (κ3) is 9.07. The van der Waals surface area contributed by atoms with Gasteiger partial charge < -0.3 is 15.4 Å². The molecule has 2 N–H and O–H groups in total. The second-order valence-electron chi connectivity index (χ2n) is 15.6. The normalized spacial score (nSPS) is 13.3. The summed E-state index contributed by atoms with van der Waals surface area (Å²) in [6.45, 7) is 20.6. The smallest absolute Gasteiger partial charge is 0.292 e. The van der Waals surface area contributed by atoms with E-state index in [2.05, 4.69) is 85.8 Å². The van der Waals surface area contributed by atoms with Crippen LogP contribution in [0.15, 0.2) is 66.7 Å². The molecule has 11 heteroatoms. The fourth-order valence-corrected chi connectivity index (χ4v) is 5.99. The molecule has 0 radical (unpaired) electrons. The van der Waals surface area contributed by atoms with Gasteiger partial charge in [-0.3, -0.25) is 14.4 Å². The van der Waals surface area contributed by atoms with Crippen LogP contribution in [0.3, 0.4) is 0 Å². The Bertz CT molecular complexity index is 1910. The van der Waals surface area contributed by atoms with Crippen molar-refractivity contribution in [1.29, 1.82) is 0 Å². The van der Waals surface area contributed by atoms with Gasteiger partial charge in [-0.1, -0.05) is 116 Å². The Balaban J connectivity index is 1.43. The number of benzene rings is 3. The molecule has 4 rings (SSSR count). The minimum atomic E-state index is -2.34. The molecule has 0 aliphatic carbocycles. The van der Waals surface area contributed by atoms with Crippen molar-refractivity contribution in [3.05, 3.63) is 83.4 Å². The van der Waals surface area contributed by atoms with Gasteiger partial charge in [0.15, 0.2) is 5.78 Å². The third-order valence-electron chi connectivity index (χ3n) is 9.83. The molecule has 0 saturated heterocycles. The number of carbonyl (C=O) groups is 3. The van der Waals surface area contributed by atoms with Crippen molar-refractivity contribution >= 4 is 40.6 Å². The summed E-state index contributed by atoms with van der Waals surface area (Å²) in [6, 6.07) is 20.5. The highest BCUT2D eigenvalue weighted by Gasteiger charge is 2.53. The minimum Gasteiger partial charge on any atom is -0.493 e. The first kappa shape index (κ1) is 40.2. The number of anilines is 2. The number of hydrogen-bond donors (Lipinski definition) is 2. The Kier molecular flexibility index (Phi) is 12.4. The van der Waals surface area contributed by atoms with Crippen LogP contribution in [-0.4, -0.2) is 44.4 Å². The molecule has 0 saturated carbocycles. The average Bonchev–Trinajstić information content (AvgIpc) is 3.60. The van der Waals surface area contributed by atoms with Crippen molar-refractivity contribution in [3.8, 4) is 17.1 Å². The summed E-state index contributed by atoms with van der Waals surface area (Å²) in [6.07, 6.45) is 2.74. The fourth-order valence-electron chi connectivity index (χ4n) is 5.59. The number of ketones is 1. The lowest BCUT2D eigenvalue weighted by Gasteiger charge is -2.30. The standard InChI is InChI=1S/C41H53ClN6O4/c1-11-39(7,8)28-22-23-33(32(25-28)40(9,10)12-2)52-24-16-21-34(49)43-29-18-15-19-30(26-29)44-37(51)41(42,36(50)38(4,5)6)48-46-35(45-47-48)31-20-14-13-17-27(31)3/h13-15,17-20,22-23,25-26H,11-12,16,21,24H2,1-10H3,(H,43,49)(H,44,51). The summed E-state index contributed by atoms with van der Waals surface area (Å²) in [4.78, 5) is 39.1. The van der Waals surface area contributed by atoms with Gasteiger partial charge in [-0.05, 0) is 77.6 Å². The van der Waals surface area contributed by atoms with E-state index in [1.165, 1.54) is 11.1 Å². The molecular formula is C41H53ClN6O4. The zero-order valence-electron chi connectivity index (χ0n) is 32.2. The van der Waals surface area contributed by atoms with Crippen LogP contribution in [0.1, 0.15) is 105 Å². The van der Waals surface area contributed by atoms with E-state index in [1.54, 1.807) is 45.0 Å². The predicted molar refractivity (Wildman–Crippen MR) is 208 cm³/mol. The molecule has 52 heavy (non-hydrogen) atoms. The van der Waals surface area contributed by atoms with Gasteiger partial charge >= 0.3 is 0 Å². The Hall–Kier alpha value is -4.57. The largest absolute Gasteiger partial charge is 0.493 e. The van der Waals surface area contributed by atoms with Crippen LogP contribution in [0.5, 0.6) is 5.75 Å². The van der Waals surface area contributed by atoms with E-state index in [9.17, 15) is 14.4 Å². The number of amides is 2. The number of hydrogen-bond acceptors (Lipinski definition) is 7. The number of aryl methyl sites for hydroxylation is 1. The van der Waals surface area contributed by atoms with Gasteiger partial charge in [-0.15, -0.1) is 15.0 Å². The molecule has 1 unspecified atom stereocenters. The Morgan fingerprint density at radius 2 is 1.48 bits per heavy atom. The lowest BCUT2D eigenvalue weighted by atomic mass is 9.76. The summed E-state index contributed by atoms with van der Waals surface area (Å²) in [5.41, 5.74) is 3.81. The van der Waals surface area contributed by atoms with E-state index in [4.69, 9.17) is 16.3 Å². The molecule has 10 nitrogen and oxygen atoms in total. The molecule has 1 heterocycles. The maximum absolute atomic E-state index is 13.9. The Morgan fingerprint density at radius 1 is 0.827 bits per heavy atom. The Labute approximate surface area is 313 Å². The van der Waals surface area contributed by atoms with E-state index in [1.807, 2.05) is 31.2 Å². The van der Waals surface area contributed by atoms with Crippen LogP contribution in [0.25, 0.3) is 11.4 Å². The zero-order chi connectivity index (χ0) is 38.5. The van der Waals surface area contributed by atoms with Crippen molar-refractivity contribution in [3.63, 3.8) is 0 Å². The summed E-state index contributed by atoms with van der Waals surface area (Å²) in [5, 5.41) is 18.1. The topological polar surface area (TPSA) is 128 Å². The Morgan fingerprint density at radius 3 is 2.12 bits per heavy atom. The number of aromatic nitrogens is 4. The number of tetrazole rings is 1. The number of carbonyl (C=O) groups excluding carboxylic acids is 3. The van der Waals surface area contributed by atoms with Crippen molar-refractivity contribution in [2.75, 3.05) is 17.2 Å². The van der Waals surface area contributed by atoms with E-state index >= 15 is 0 Å². The molecule has 2 amide bonds. The molecular weight excluding hydrogens is 676 g/mol. The van der Waals surface area contributed by atoms with E-state index in [0.717, 1.165) is 29.0 Å². The molecule has 0 aliphatic rings. The molecule has 0 aliphatic heterocycles. The van der Waals surface area contributed by atoms with Gasteiger partial charge in [0.1, 0.15) is 5.75 Å². The van der Waals surface area contributed by atoms with Crippen molar-refractivity contribution < 1.29 is 19.1 Å². The number of alkyl halides is 1. The first-order valence-corrected chi connectivity index (χ1v) is 18.3. The number of halogens is 1. The number of ether oxygens (including phenoxy) is 1. The highest BCUT2D eigenvalue weighted by Crippen LogP contribution is 2.39. The lowest BCUT2D eigenvalue weighted by Crippen LogP contribution is -2.52. The van der Waals surface area contributed by atoms with Gasteiger partial charge in [-0.2, -0.15) is 0 Å². The highest BCUT2D eigenvalue weighted by atomic mass is 35.5. The van der Waals surface area contributed by atoms with Gasteiger partial charge in [-0.25, -0.2) is 0 Å².